The highest BCUT2D eigenvalue weighted by molar-refractivity contribution is 5.36. The zero-order valence-corrected chi connectivity index (χ0v) is 13.0. The quantitative estimate of drug-likeness (QED) is 0.807. The van der Waals surface area contributed by atoms with E-state index in [0.29, 0.717) is 5.75 Å². The standard InChI is InChI=1S/C16H26FNO2/c1-6-18-12(4)14-8-7-13(17)9-15(14)20-10-16(5,19)11(2)3/h7-9,11-12,18-19H,6,10H2,1-5H3. The molecule has 20 heavy (non-hydrogen) atoms. The lowest BCUT2D eigenvalue weighted by molar-refractivity contribution is -0.0270. The predicted molar refractivity (Wildman–Crippen MR) is 79.4 cm³/mol. The molecule has 1 rings (SSSR count). The summed E-state index contributed by atoms with van der Waals surface area (Å²) in [5.41, 5.74) is -0.0434. The molecule has 1 aromatic rings. The molecule has 0 amide bonds. The highest BCUT2D eigenvalue weighted by Crippen LogP contribution is 2.28. The second kappa shape index (κ2) is 7.04. The second-order valence-electron chi connectivity index (χ2n) is 5.76. The highest BCUT2D eigenvalue weighted by atomic mass is 19.1. The summed E-state index contributed by atoms with van der Waals surface area (Å²) >= 11 is 0. The van der Waals surface area contributed by atoms with Crippen LogP contribution in [0.5, 0.6) is 5.75 Å². The van der Waals surface area contributed by atoms with Crippen LogP contribution in [0.25, 0.3) is 0 Å². The van der Waals surface area contributed by atoms with Crippen molar-refractivity contribution in [1.82, 2.24) is 5.32 Å². The number of benzene rings is 1. The molecule has 3 nitrogen and oxygen atoms in total. The van der Waals surface area contributed by atoms with Gasteiger partial charge in [0.25, 0.3) is 0 Å². The summed E-state index contributed by atoms with van der Waals surface area (Å²) in [4.78, 5) is 0. The summed E-state index contributed by atoms with van der Waals surface area (Å²) in [7, 11) is 0. The molecule has 0 fully saturated rings. The third-order valence-corrected chi connectivity index (χ3v) is 3.72. The average molecular weight is 283 g/mol. The van der Waals surface area contributed by atoms with Crippen molar-refractivity contribution in [3.63, 3.8) is 0 Å². The van der Waals surface area contributed by atoms with Crippen molar-refractivity contribution in [2.24, 2.45) is 5.92 Å². The van der Waals surface area contributed by atoms with E-state index in [9.17, 15) is 9.50 Å². The first kappa shape index (κ1) is 16.9. The molecule has 4 heteroatoms. The zero-order valence-electron chi connectivity index (χ0n) is 13.0. The van der Waals surface area contributed by atoms with Gasteiger partial charge in [-0.15, -0.1) is 0 Å². The Morgan fingerprint density at radius 1 is 1.35 bits per heavy atom. The maximum absolute atomic E-state index is 13.4. The molecular weight excluding hydrogens is 257 g/mol. The van der Waals surface area contributed by atoms with Crippen LogP contribution in [-0.2, 0) is 0 Å². The zero-order chi connectivity index (χ0) is 15.3. The van der Waals surface area contributed by atoms with Crippen LogP contribution >= 0.6 is 0 Å². The van der Waals surface area contributed by atoms with Gasteiger partial charge < -0.3 is 15.2 Å². The van der Waals surface area contributed by atoms with Crippen molar-refractivity contribution >= 4 is 0 Å². The number of halogens is 1. The summed E-state index contributed by atoms with van der Waals surface area (Å²) < 4.78 is 19.1. The monoisotopic (exact) mass is 283 g/mol. The Balaban J connectivity index is 2.90. The van der Waals surface area contributed by atoms with Crippen molar-refractivity contribution in [3.05, 3.63) is 29.6 Å². The van der Waals surface area contributed by atoms with Gasteiger partial charge in [0.1, 0.15) is 18.2 Å². The predicted octanol–water partition coefficient (Wildman–Crippen LogP) is 3.28. The molecule has 0 aromatic heterocycles. The van der Waals surface area contributed by atoms with Gasteiger partial charge in [0.15, 0.2) is 0 Å². The Labute approximate surface area is 121 Å². The van der Waals surface area contributed by atoms with Crippen LogP contribution in [0.1, 0.15) is 46.2 Å². The maximum Gasteiger partial charge on any atom is 0.127 e. The molecule has 0 aliphatic heterocycles. The second-order valence-corrected chi connectivity index (χ2v) is 5.76. The van der Waals surface area contributed by atoms with Crippen LogP contribution in [0, 0.1) is 11.7 Å². The lowest BCUT2D eigenvalue weighted by Gasteiger charge is -2.28. The SMILES string of the molecule is CCNC(C)c1ccc(F)cc1OCC(C)(O)C(C)C. The molecule has 0 saturated heterocycles. The smallest absolute Gasteiger partial charge is 0.127 e. The van der Waals surface area contributed by atoms with E-state index in [-0.39, 0.29) is 24.4 Å². The average Bonchev–Trinajstić information content (AvgIpc) is 2.36. The van der Waals surface area contributed by atoms with Gasteiger partial charge >= 0.3 is 0 Å². The highest BCUT2D eigenvalue weighted by Gasteiger charge is 2.26. The Bertz CT molecular complexity index is 432. The lowest BCUT2D eigenvalue weighted by Crippen LogP contribution is -2.38. The maximum atomic E-state index is 13.4. The number of hydrogen-bond donors (Lipinski definition) is 2. The molecule has 0 radical (unpaired) electrons. The Morgan fingerprint density at radius 3 is 2.55 bits per heavy atom. The Kier molecular flexibility index (Phi) is 5.96. The fraction of sp³-hybridized carbons (Fsp3) is 0.625. The summed E-state index contributed by atoms with van der Waals surface area (Å²) in [6.07, 6.45) is 0. The Morgan fingerprint density at radius 2 is 2.00 bits per heavy atom. The molecule has 0 bridgehead atoms. The summed E-state index contributed by atoms with van der Waals surface area (Å²) in [6.45, 7) is 10.6. The van der Waals surface area contributed by atoms with Crippen LogP contribution in [0.3, 0.4) is 0 Å². The van der Waals surface area contributed by atoms with Crippen LogP contribution in [0.4, 0.5) is 4.39 Å². The Hall–Kier alpha value is -1.13. The number of ether oxygens (including phenoxy) is 1. The molecule has 0 heterocycles. The van der Waals surface area contributed by atoms with E-state index in [4.69, 9.17) is 4.74 Å². The molecule has 2 N–H and O–H groups in total. The third kappa shape index (κ3) is 4.46. The van der Waals surface area contributed by atoms with Crippen LogP contribution in [-0.4, -0.2) is 23.9 Å². The van der Waals surface area contributed by atoms with E-state index in [2.05, 4.69) is 5.32 Å². The first-order chi connectivity index (χ1) is 9.27. The molecule has 114 valence electrons. The van der Waals surface area contributed by atoms with E-state index >= 15 is 0 Å². The van der Waals surface area contributed by atoms with E-state index in [0.717, 1.165) is 12.1 Å². The van der Waals surface area contributed by atoms with Crippen molar-refractivity contribution in [3.8, 4) is 5.75 Å². The van der Waals surface area contributed by atoms with E-state index in [1.54, 1.807) is 13.0 Å². The van der Waals surface area contributed by atoms with Gasteiger partial charge in [-0.05, 0) is 32.4 Å². The summed E-state index contributed by atoms with van der Waals surface area (Å²) in [5.74, 6) is 0.210. The minimum absolute atomic E-state index is 0.0608. The van der Waals surface area contributed by atoms with Gasteiger partial charge in [0.05, 0.1) is 5.60 Å². The van der Waals surface area contributed by atoms with Gasteiger partial charge in [-0.3, -0.25) is 0 Å². The molecule has 2 atom stereocenters. The number of aliphatic hydroxyl groups is 1. The topological polar surface area (TPSA) is 41.5 Å². The van der Waals surface area contributed by atoms with Crippen LogP contribution in [0.15, 0.2) is 18.2 Å². The lowest BCUT2D eigenvalue weighted by atomic mass is 9.93. The van der Waals surface area contributed by atoms with E-state index in [1.807, 2.05) is 27.7 Å². The molecule has 1 aromatic carbocycles. The molecule has 0 aliphatic rings. The largest absolute Gasteiger partial charge is 0.490 e. The van der Waals surface area contributed by atoms with Gasteiger partial charge in [-0.2, -0.15) is 0 Å². The number of nitrogens with one attached hydrogen (secondary N) is 1. The summed E-state index contributed by atoms with van der Waals surface area (Å²) in [6, 6.07) is 4.60. The van der Waals surface area contributed by atoms with Crippen molar-refractivity contribution < 1.29 is 14.2 Å². The van der Waals surface area contributed by atoms with Crippen LogP contribution < -0.4 is 10.1 Å². The van der Waals surface area contributed by atoms with E-state index in [1.165, 1.54) is 12.1 Å². The van der Waals surface area contributed by atoms with Gasteiger partial charge in [-0.1, -0.05) is 26.8 Å². The summed E-state index contributed by atoms with van der Waals surface area (Å²) in [5, 5.41) is 13.5. The van der Waals surface area contributed by atoms with E-state index < -0.39 is 5.60 Å². The van der Waals surface area contributed by atoms with Crippen molar-refractivity contribution in [2.45, 2.75) is 46.3 Å². The first-order valence-electron chi connectivity index (χ1n) is 7.16. The molecule has 2 unspecified atom stereocenters. The minimum atomic E-state index is -0.939. The third-order valence-electron chi connectivity index (χ3n) is 3.72. The van der Waals surface area contributed by atoms with Gasteiger partial charge in [-0.25, -0.2) is 4.39 Å². The van der Waals surface area contributed by atoms with Gasteiger partial charge in [0, 0.05) is 17.7 Å². The molecular formula is C16H26FNO2. The molecule has 0 aliphatic carbocycles. The normalized spacial score (nSPS) is 16.0. The number of rotatable bonds is 7. The first-order valence-corrected chi connectivity index (χ1v) is 7.16. The van der Waals surface area contributed by atoms with Crippen molar-refractivity contribution in [2.75, 3.05) is 13.2 Å². The molecule has 0 saturated carbocycles. The minimum Gasteiger partial charge on any atom is -0.490 e. The number of hydrogen-bond acceptors (Lipinski definition) is 3. The fourth-order valence-corrected chi connectivity index (χ4v) is 1.80. The van der Waals surface area contributed by atoms with Crippen molar-refractivity contribution in [1.29, 1.82) is 0 Å². The fourth-order valence-electron chi connectivity index (χ4n) is 1.80. The van der Waals surface area contributed by atoms with Crippen LogP contribution in [0.2, 0.25) is 0 Å². The molecule has 0 spiro atoms. The van der Waals surface area contributed by atoms with Gasteiger partial charge in [0.2, 0.25) is 0 Å².